The van der Waals surface area contributed by atoms with Gasteiger partial charge >= 0.3 is 0 Å². The minimum atomic E-state index is -3.65. The molecule has 0 bridgehead atoms. The summed E-state index contributed by atoms with van der Waals surface area (Å²) in [4.78, 5) is 0.0266. The third kappa shape index (κ3) is 1.41. The van der Waals surface area contributed by atoms with Gasteiger partial charge in [0.25, 0.3) is 0 Å². The van der Waals surface area contributed by atoms with Crippen LogP contribution in [0.4, 0.5) is 0 Å². The molecule has 2 heterocycles. The third-order valence-corrected chi connectivity index (χ3v) is 2.57. The van der Waals surface area contributed by atoms with Crippen LogP contribution in [-0.2, 0) is 10.0 Å². The first-order valence-electron chi connectivity index (χ1n) is 3.53. The zero-order chi connectivity index (χ0) is 9.47. The molecule has 68 valence electrons. The lowest BCUT2D eigenvalue weighted by molar-refractivity contribution is 0.597. The van der Waals surface area contributed by atoms with Crippen LogP contribution in [0.1, 0.15) is 0 Å². The third-order valence-electron chi connectivity index (χ3n) is 1.69. The van der Waals surface area contributed by atoms with E-state index in [1.54, 1.807) is 22.8 Å². The van der Waals surface area contributed by atoms with Gasteiger partial charge in [0.05, 0.1) is 11.7 Å². The molecule has 0 amide bonds. The monoisotopic (exact) mass is 197 g/mol. The van der Waals surface area contributed by atoms with E-state index in [0.717, 1.165) is 0 Å². The van der Waals surface area contributed by atoms with Crippen molar-refractivity contribution in [1.29, 1.82) is 0 Å². The molecule has 0 aliphatic rings. The van der Waals surface area contributed by atoms with Crippen molar-refractivity contribution >= 4 is 15.5 Å². The van der Waals surface area contributed by atoms with Crippen LogP contribution in [0.15, 0.2) is 35.5 Å². The van der Waals surface area contributed by atoms with E-state index in [-0.39, 0.29) is 4.90 Å². The van der Waals surface area contributed by atoms with E-state index < -0.39 is 10.0 Å². The lowest BCUT2D eigenvalue weighted by Gasteiger charge is -1.97. The van der Waals surface area contributed by atoms with Gasteiger partial charge in [0.2, 0.25) is 10.0 Å². The van der Waals surface area contributed by atoms with Gasteiger partial charge in [0.15, 0.2) is 0 Å². The highest BCUT2D eigenvalue weighted by Crippen LogP contribution is 2.09. The second kappa shape index (κ2) is 2.54. The van der Waals surface area contributed by atoms with E-state index in [1.165, 1.54) is 12.3 Å². The second-order valence-corrected chi connectivity index (χ2v) is 4.18. The molecule has 0 aromatic carbocycles. The summed E-state index contributed by atoms with van der Waals surface area (Å²) in [6, 6.07) is 5.00. The molecule has 0 saturated heterocycles. The summed E-state index contributed by atoms with van der Waals surface area (Å²) in [5.74, 6) is 0. The fraction of sp³-hybridized carbons (Fsp3) is 0. The van der Waals surface area contributed by atoms with Gasteiger partial charge in [0.1, 0.15) is 4.90 Å². The Morgan fingerprint density at radius 1 is 1.46 bits per heavy atom. The van der Waals surface area contributed by atoms with Crippen molar-refractivity contribution in [3.05, 3.63) is 30.6 Å². The summed E-state index contributed by atoms with van der Waals surface area (Å²) in [5.41, 5.74) is 0.700. The Morgan fingerprint density at radius 3 is 2.92 bits per heavy atom. The minimum Gasteiger partial charge on any atom is -0.241 e. The second-order valence-electron chi connectivity index (χ2n) is 2.61. The summed E-state index contributed by atoms with van der Waals surface area (Å²) in [6.45, 7) is 0. The van der Waals surface area contributed by atoms with E-state index in [1.807, 2.05) is 0 Å². The molecule has 0 atom stereocenters. The zero-order valence-electron chi connectivity index (χ0n) is 6.58. The number of hydrogen-bond acceptors (Lipinski definition) is 3. The first kappa shape index (κ1) is 8.21. The van der Waals surface area contributed by atoms with Gasteiger partial charge in [-0.15, -0.1) is 0 Å². The number of primary sulfonamides is 1. The lowest BCUT2D eigenvalue weighted by atomic mass is 10.4. The first-order chi connectivity index (χ1) is 6.07. The zero-order valence-corrected chi connectivity index (χ0v) is 7.40. The van der Waals surface area contributed by atoms with Gasteiger partial charge in [0, 0.05) is 6.20 Å². The van der Waals surface area contributed by atoms with Crippen molar-refractivity contribution in [2.75, 3.05) is 0 Å². The van der Waals surface area contributed by atoms with E-state index in [2.05, 4.69) is 5.10 Å². The maximum absolute atomic E-state index is 10.9. The van der Waals surface area contributed by atoms with Crippen LogP contribution in [0.5, 0.6) is 0 Å². The van der Waals surface area contributed by atoms with Crippen LogP contribution < -0.4 is 5.14 Å². The number of aromatic nitrogens is 2. The number of fused-ring (bicyclic) bond motifs is 1. The van der Waals surface area contributed by atoms with Crippen LogP contribution in [0.3, 0.4) is 0 Å². The molecule has 13 heavy (non-hydrogen) atoms. The van der Waals surface area contributed by atoms with Gasteiger partial charge in [-0.2, -0.15) is 5.10 Å². The van der Waals surface area contributed by atoms with Crippen molar-refractivity contribution in [2.24, 2.45) is 5.14 Å². The molecule has 0 spiro atoms. The smallest absolute Gasteiger partial charge is 0.239 e. The highest BCUT2D eigenvalue weighted by atomic mass is 32.2. The minimum absolute atomic E-state index is 0.0266. The Balaban J connectivity index is 2.75. The van der Waals surface area contributed by atoms with Crippen LogP contribution >= 0.6 is 0 Å². The van der Waals surface area contributed by atoms with Crippen LogP contribution in [0.25, 0.3) is 5.52 Å². The molecule has 0 fully saturated rings. The summed E-state index contributed by atoms with van der Waals surface area (Å²) >= 11 is 0. The topological polar surface area (TPSA) is 77.5 Å². The van der Waals surface area contributed by atoms with Gasteiger partial charge in [-0.3, -0.25) is 0 Å². The Labute approximate surface area is 74.8 Å². The highest BCUT2D eigenvalue weighted by Gasteiger charge is 2.08. The van der Waals surface area contributed by atoms with Crippen molar-refractivity contribution in [2.45, 2.75) is 4.90 Å². The van der Waals surface area contributed by atoms with Crippen molar-refractivity contribution in [1.82, 2.24) is 9.61 Å². The quantitative estimate of drug-likeness (QED) is 0.698. The summed E-state index contributed by atoms with van der Waals surface area (Å²) in [5, 5.41) is 8.80. The normalized spacial score (nSPS) is 12.1. The Morgan fingerprint density at radius 2 is 2.23 bits per heavy atom. The molecule has 0 radical (unpaired) electrons. The van der Waals surface area contributed by atoms with Crippen LogP contribution in [0.2, 0.25) is 0 Å². The van der Waals surface area contributed by atoms with Crippen molar-refractivity contribution in [3.63, 3.8) is 0 Å². The van der Waals surface area contributed by atoms with Crippen LogP contribution in [0, 0.1) is 0 Å². The molecule has 2 rings (SSSR count). The molecule has 2 aromatic heterocycles. The number of nitrogens with two attached hydrogens (primary N) is 1. The van der Waals surface area contributed by atoms with Gasteiger partial charge in [-0.25, -0.2) is 18.1 Å². The van der Waals surface area contributed by atoms with E-state index in [0.29, 0.717) is 5.52 Å². The Kier molecular flexibility index (Phi) is 1.61. The van der Waals surface area contributed by atoms with E-state index in [4.69, 9.17) is 5.14 Å². The van der Waals surface area contributed by atoms with Crippen LogP contribution in [-0.4, -0.2) is 18.0 Å². The maximum Gasteiger partial charge on any atom is 0.239 e. The van der Waals surface area contributed by atoms with Gasteiger partial charge in [-0.1, -0.05) is 0 Å². The molecule has 5 nitrogen and oxygen atoms in total. The standard InChI is InChI=1S/C7H7N3O2S/c8-13(11,12)7-4-6-2-1-3-10(6)9-5-7/h1-5H,(H2,8,11,12). The average Bonchev–Trinajstić information content (AvgIpc) is 2.47. The predicted octanol–water partition coefficient (Wildman–Crippen LogP) is -0.0183. The van der Waals surface area contributed by atoms with E-state index in [9.17, 15) is 8.42 Å². The first-order valence-corrected chi connectivity index (χ1v) is 5.08. The molecule has 6 heteroatoms. The summed E-state index contributed by atoms with van der Waals surface area (Å²) in [7, 11) is -3.65. The molecule has 0 unspecified atom stereocenters. The molecule has 2 aromatic rings. The number of sulfonamides is 1. The van der Waals surface area contributed by atoms with Crippen molar-refractivity contribution < 1.29 is 8.42 Å². The van der Waals surface area contributed by atoms with Crippen molar-refractivity contribution in [3.8, 4) is 0 Å². The molecule has 0 aliphatic heterocycles. The fourth-order valence-corrected chi connectivity index (χ4v) is 1.54. The molecular formula is C7H7N3O2S. The molecule has 2 N–H and O–H groups in total. The van der Waals surface area contributed by atoms with Gasteiger partial charge < -0.3 is 0 Å². The lowest BCUT2D eigenvalue weighted by Crippen LogP contribution is -2.12. The average molecular weight is 197 g/mol. The summed E-state index contributed by atoms with van der Waals surface area (Å²) in [6.07, 6.45) is 2.95. The number of rotatable bonds is 1. The predicted molar refractivity (Wildman–Crippen MR) is 46.6 cm³/mol. The number of hydrogen-bond donors (Lipinski definition) is 1. The fourth-order valence-electron chi connectivity index (χ4n) is 1.06. The van der Waals surface area contributed by atoms with Gasteiger partial charge in [-0.05, 0) is 18.2 Å². The summed E-state index contributed by atoms with van der Waals surface area (Å²) < 4.78 is 23.4. The molecular weight excluding hydrogens is 190 g/mol. The highest BCUT2D eigenvalue weighted by molar-refractivity contribution is 7.89. The molecule has 0 aliphatic carbocycles. The Bertz CT molecular complexity index is 544. The number of nitrogens with zero attached hydrogens (tertiary/aromatic N) is 2. The van der Waals surface area contributed by atoms with E-state index >= 15 is 0 Å². The SMILES string of the molecule is NS(=O)(=O)c1cnn2cccc2c1. The largest absolute Gasteiger partial charge is 0.241 e. The molecule has 0 saturated carbocycles. The Hall–Kier alpha value is -1.40. The maximum atomic E-state index is 10.9.